The summed E-state index contributed by atoms with van der Waals surface area (Å²) < 4.78 is 7.58. The summed E-state index contributed by atoms with van der Waals surface area (Å²) in [5, 5.41) is 35.1. The van der Waals surface area contributed by atoms with E-state index in [2.05, 4.69) is 50.5 Å². The third kappa shape index (κ3) is 9.17. The number of pyridine rings is 1. The number of anilines is 3. The van der Waals surface area contributed by atoms with Gasteiger partial charge in [0.25, 0.3) is 0 Å². The monoisotopic (exact) mass is 796 g/mol. The van der Waals surface area contributed by atoms with E-state index in [1.807, 2.05) is 71.6 Å². The van der Waals surface area contributed by atoms with Crippen LogP contribution in [0.2, 0.25) is 0 Å². The highest BCUT2D eigenvalue weighted by Gasteiger charge is 2.44. The molecule has 6 aromatic rings. The van der Waals surface area contributed by atoms with Crippen LogP contribution < -0.4 is 26.2 Å². The van der Waals surface area contributed by atoms with E-state index in [0.717, 1.165) is 16.7 Å². The van der Waals surface area contributed by atoms with Crippen LogP contribution in [0, 0.1) is 0 Å². The molecular weight excluding hydrogens is 749 g/mol. The maximum atomic E-state index is 13.2. The minimum absolute atomic E-state index is 0.0121. The second-order valence-corrected chi connectivity index (χ2v) is 15.1. The molecule has 0 spiro atoms. The van der Waals surface area contributed by atoms with Crippen molar-refractivity contribution in [1.29, 1.82) is 0 Å². The molecule has 2 aliphatic rings. The zero-order valence-electron chi connectivity index (χ0n) is 32.6. The Hall–Kier alpha value is -6.42. The fraction of sp³-hybridized carbons (Fsp3) is 0.318. The molecule has 15 heteroatoms. The second kappa shape index (κ2) is 18.0. The average Bonchev–Trinajstić information content (AvgIpc) is 3.99. The predicted molar refractivity (Wildman–Crippen MR) is 224 cm³/mol. The number of amides is 3. The Morgan fingerprint density at radius 1 is 0.881 bits per heavy atom. The van der Waals surface area contributed by atoms with Gasteiger partial charge in [-0.2, -0.15) is 9.97 Å². The number of nitrogens with one attached hydrogen (secondary N) is 4. The molecule has 2 fully saturated rings. The number of fused-ring (bicyclic) bond motifs is 1. The molecule has 3 aromatic carbocycles. The number of aliphatic hydroxyl groups is 2. The molecule has 15 nitrogen and oxygen atoms in total. The Balaban J connectivity index is 1.04. The summed E-state index contributed by atoms with van der Waals surface area (Å²) in [6.45, 7) is 3.46. The number of hydrogen-bond donors (Lipinski definition) is 6. The minimum atomic E-state index is -1.25. The lowest BCUT2D eigenvalue weighted by molar-refractivity contribution is -0.134. The van der Waals surface area contributed by atoms with Gasteiger partial charge in [-0.1, -0.05) is 91.0 Å². The molecule has 1 saturated carbocycles. The quantitative estimate of drug-likeness (QED) is 0.0902. The smallest absolute Gasteiger partial charge is 0.319 e. The van der Waals surface area contributed by atoms with Crippen molar-refractivity contribution >= 4 is 40.6 Å². The SMILES string of the molecule is C[C@@H](OCc1ccccc1)C(=O)NC1CC(n2cnc3c(NCC(c4ccccc4)c4ccccc4)nc(N4CC[C@@H](NC(=O)Nc5cccnc5)C4)nc32)C(O)C1O. The van der Waals surface area contributed by atoms with Crippen molar-refractivity contribution in [3.8, 4) is 0 Å². The predicted octanol–water partition coefficient (Wildman–Crippen LogP) is 4.62. The Bertz CT molecular complexity index is 2280. The van der Waals surface area contributed by atoms with Gasteiger partial charge in [0.05, 0.1) is 36.9 Å². The number of ether oxygens (including phenoxy) is 1. The summed E-state index contributed by atoms with van der Waals surface area (Å²) in [7, 11) is 0. The average molecular weight is 797 g/mol. The van der Waals surface area contributed by atoms with Crippen molar-refractivity contribution in [3.05, 3.63) is 139 Å². The third-order valence-electron chi connectivity index (χ3n) is 11.1. The molecule has 3 aromatic heterocycles. The van der Waals surface area contributed by atoms with Gasteiger partial charge in [0.15, 0.2) is 17.0 Å². The number of aromatic nitrogens is 5. The van der Waals surface area contributed by atoms with Crippen molar-refractivity contribution in [2.24, 2.45) is 0 Å². The molecule has 4 heterocycles. The lowest BCUT2D eigenvalue weighted by Gasteiger charge is -2.22. The second-order valence-electron chi connectivity index (χ2n) is 15.1. The van der Waals surface area contributed by atoms with Gasteiger partial charge in [-0.25, -0.2) is 9.78 Å². The number of rotatable bonds is 14. The van der Waals surface area contributed by atoms with E-state index in [9.17, 15) is 19.8 Å². The van der Waals surface area contributed by atoms with Crippen LogP contribution in [-0.4, -0.2) is 96.7 Å². The van der Waals surface area contributed by atoms with Crippen LogP contribution >= 0.6 is 0 Å². The van der Waals surface area contributed by atoms with Gasteiger partial charge in [-0.05, 0) is 48.6 Å². The van der Waals surface area contributed by atoms with Gasteiger partial charge in [-0.15, -0.1) is 0 Å². The van der Waals surface area contributed by atoms with Crippen LogP contribution in [-0.2, 0) is 16.1 Å². The molecule has 0 radical (unpaired) electrons. The van der Waals surface area contributed by atoms with Crippen LogP contribution in [0.3, 0.4) is 0 Å². The molecule has 8 rings (SSSR count). The first-order valence-corrected chi connectivity index (χ1v) is 19.9. The number of benzene rings is 3. The highest BCUT2D eigenvalue weighted by atomic mass is 16.5. The van der Waals surface area contributed by atoms with E-state index < -0.39 is 30.4 Å². The van der Waals surface area contributed by atoms with Gasteiger partial charge in [0, 0.05) is 37.8 Å². The number of imidazole rings is 1. The van der Waals surface area contributed by atoms with Crippen LogP contribution in [0.4, 0.5) is 22.2 Å². The minimum Gasteiger partial charge on any atom is -0.388 e. The van der Waals surface area contributed by atoms with E-state index >= 15 is 0 Å². The number of nitrogens with zero attached hydrogens (tertiary/aromatic N) is 6. The Morgan fingerprint density at radius 2 is 1.59 bits per heavy atom. The van der Waals surface area contributed by atoms with Crippen molar-refractivity contribution in [3.63, 3.8) is 0 Å². The molecule has 1 saturated heterocycles. The molecule has 304 valence electrons. The number of aliphatic hydroxyl groups excluding tert-OH is 2. The van der Waals surface area contributed by atoms with Crippen LogP contribution in [0.1, 0.15) is 48.4 Å². The van der Waals surface area contributed by atoms with E-state index in [-0.39, 0.29) is 36.9 Å². The maximum Gasteiger partial charge on any atom is 0.319 e. The largest absolute Gasteiger partial charge is 0.388 e. The molecular formula is C44H48N10O5. The fourth-order valence-electron chi connectivity index (χ4n) is 7.86. The van der Waals surface area contributed by atoms with E-state index in [1.54, 1.807) is 42.3 Å². The summed E-state index contributed by atoms with van der Waals surface area (Å²) in [6, 6.07) is 31.7. The number of urea groups is 1. The van der Waals surface area contributed by atoms with E-state index in [1.165, 1.54) is 0 Å². The molecule has 6 atom stereocenters. The van der Waals surface area contributed by atoms with Crippen molar-refractivity contribution in [1.82, 2.24) is 35.1 Å². The molecule has 1 aliphatic carbocycles. The van der Waals surface area contributed by atoms with E-state index in [4.69, 9.17) is 19.7 Å². The van der Waals surface area contributed by atoms with Gasteiger partial charge in [-0.3, -0.25) is 9.78 Å². The third-order valence-corrected chi connectivity index (χ3v) is 11.1. The highest BCUT2D eigenvalue weighted by molar-refractivity contribution is 5.89. The summed E-state index contributed by atoms with van der Waals surface area (Å²) in [4.78, 5) is 46.9. The number of carbonyl (C=O) groups excluding carboxylic acids is 2. The zero-order valence-corrected chi connectivity index (χ0v) is 32.6. The topological polar surface area (TPSA) is 192 Å². The highest BCUT2D eigenvalue weighted by Crippen LogP contribution is 2.36. The first kappa shape index (κ1) is 39.4. The molecule has 3 amide bonds. The lowest BCUT2D eigenvalue weighted by Crippen LogP contribution is -2.46. The van der Waals surface area contributed by atoms with Crippen molar-refractivity contribution < 1.29 is 24.5 Å². The van der Waals surface area contributed by atoms with Crippen LogP contribution in [0.25, 0.3) is 11.2 Å². The lowest BCUT2D eigenvalue weighted by atomic mass is 9.91. The Morgan fingerprint density at radius 3 is 2.29 bits per heavy atom. The Labute approximate surface area is 341 Å². The Kier molecular flexibility index (Phi) is 12.0. The number of hydrogen-bond acceptors (Lipinski definition) is 11. The normalized spacial score (nSPS) is 20.7. The zero-order chi connectivity index (χ0) is 40.7. The molecule has 4 unspecified atom stereocenters. The first-order chi connectivity index (χ1) is 28.8. The van der Waals surface area contributed by atoms with Gasteiger partial charge < -0.3 is 45.7 Å². The summed E-state index contributed by atoms with van der Waals surface area (Å²) in [5.74, 6) is 0.537. The van der Waals surface area contributed by atoms with Gasteiger partial charge in [0.1, 0.15) is 18.3 Å². The summed E-state index contributed by atoms with van der Waals surface area (Å²) in [6.07, 6.45) is 2.45. The summed E-state index contributed by atoms with van der Waals surface area (Å²) >= 11 is 0. The van der Waals surface area contributed by atoms with Gasteiger partial charge in [0.2, 0.25) is 11.9 Å². The molecule has 1 aliphatic heterocycles. The van der Waals surface area contributed by atoms with Crippen LogP contribution in [0.15, 0.2) is 122 Å². The maximum absolute atomic E-state index is 13.2. The number of carbonyl (C=O) groups is 2. The molecule has 6 N–H and O–H groups in total. The molecule has 59 heavy (non-hydrogen) atoms. The first-order valence-electron chi connectivity index (χ1n) is 19.9. The standard InChI is InChI=1S/C44H48N10O5/c1-28(59-26-29-12-5-2-6-13-29)42(57)50-35-22-36(39(56)38(35)55)54-27-47-37-40(46-24-34(30-14-7-3-8-15-30)31-16-9-4-10-17-31)51-43(52-41(37)54)53-21-19-33(25-53)49-44(58)48-32-18-11-20-45-23-32/h2-18,20,23,27-28,33-36,38-39,55-56H,19,21-22,24-26H2,1H3,(H,50,57)(H,46,51,52)(H2,48,49,58)/t28-,33-,35?,36?,38?,39?/m1/s1. The summed E-state index contributed by atoms with van der Waals surface area (Å²) in [5.41, 5.74) is 4.76. The van der Waals surface area contributed by atoms with E-state index in [0.29, 0.717) is 54.7 Å². The molecule has 0 bridgehead atoms. The van der Waals surface area contributed by atoms with Crippen molar-refractivity contribution in [2.45, 2.75) is 68.7 Å². The van der Waals surface area contributed by atoms with Crippen LogP contribution in [0.5, 0.6) is 0 Å². The fourth-order valence-corrected chi connectivity index (χ4v) is 7.86. The van der Waals surface area contributed by atoms with Gasteiger partial charge >= 0.3 is 6.03 Å². The van der Waals surface area contributed by atoms with Crippen molar-refractivity contribution in [2.75, 3.05) is 35.2 Å².